The lowest BCUT2D eigenvalue weighted by atomic mass is 9.43. The highest BCUT2D eigenvalue weighted by atomic mass is 28.4. The van der Waals surface area contributed by atoms with Crippen LogP contribution in [0.2, 0.25) is 18.1 Å². The molecule has 0 aromatic carbocycles. The highest BCUT2D eigenvalue weighted by Crippen LogP contribution is 2.70. The number of carbonyl (C=O) groups is 2. The third-order valence-corrected chi connectivity index (χ3v) is 13.0. The first-order chi connectivity index (χ1) is 12.1. The number of Topliss-reactive ketones (excluding diaryl/α,β-unsaturated/α-hetero) is 1. The smallest absolute Gasteiger partial charge is 0.311 e. The summed E-state index contributed by atoms with van der Waals surface area (Å²) in [6, 6.07) is 0. The fraction of sp³-hybridized carbons (Fsp3) is 0.909. The summed E-state index contributed by atoms with van der Waals surface area (Å²) in [6.45, 7) is 17.7. The second-order valence-corrected chi connectivity index (χ2v) is 16.5. The maximum Gasteiger partial charge on any atom is 0.311 e. The lowest BCUT2D eigenvalue weighted by molar-refractivity contribution is -0.241. The second kappa shape index (κ2) is 5.91. The minimum atomic E-state index is -2.09. The summed E-state index contributed by atoms with van der Waals surface area (Å²) in [5.74, 6) is 0.503. The molecule has 0 N–H and O–H groups in total. The molecule has 3 aliphatic rings. The number of ether oxygens (including phenoxy) is 1. The molecule has 4 nitrogen and oxygen atoms in total. The lowest BCUT2D eigenvalue weighted by Crippen LogP contribution is -2.73. The Morgan fingerprint density at radius 1 is 1.07 bits per heavy atom. The molecule has 0 aromatic heterocycles. The molecule has 3 fully saturated rings. The van der Waals surface area contributed by atoms with Gasteiger partial charge in [-0.05, 0) is 55.1 Å². The van der Waals surface area contributed by atoms with Gasteiger partial charge in [-0.3, -0.25) is 9.59 Å². The van der Waals surface area contributed by atoms with Crippen LogP contribution in [0.4, 0.5) is 0 Å². The molecule has 3 saturated carbocycles. The fourth-order valence-electron chi connectivity index (χ4n) is 5.95. The van der Waals surface area contributed by atoms with Crippen LogP contribution in [0.15, 0.2) is 0 Å². The summed E-state index contributed by atoms with van der Waals surface area (Å²) in [4.78, 5) is 25.6. The Balaban J connectivity index is 2.02. The normalized spacial score (nSPS) is 40.8. The third kappa shape index (κ3) is 2.86. The molecule has 0 spiro atoms. The topological polar surface area (TPSA) is 52.6 Å². The number of rotatable bonds is 3. The molecule has 5 heteroatoms. The predicted octanol–water partition coefficient (Wildman–Crippen LogP) is 4.97. The summed E-state index contributed by atoms with van der Waals surface area (Å²) < 4.78 is 12.3. The van der Waals surface area contributed by atoms with Gasteiger partial charge in [0, 0.05) is 11.3 Å². The molecule has 0 heterocycles. The Kier molecular flexibility index (Phi) is 4.61. The molecule has 3 aliphatic carbocycles. The van der Waals surface area contributed by atoms with Crippen LogP contribution in [-0.4, -0.2) is 32.8 Å². The van der Waals surface area contributed by atoms with Gasteiger partial charge in [-0.15, -0.1) is 0 Å². The predicted molar refractivity (Wildman–Crippen MR) is 109 cm³/mol. The standard InChI is InChI=1S/C22H38O4Si/c1-19(2,3)27(8,9)26-22-11-14-10-20(4,5)17(23)15(14)12-21(22,6)13-16(22)18(24)25-7/h14-16H,10-13H2,1-9H3/t14-,15+,16-,21-,22-/m1/s1. The van der Waals surface area contributed by atoms with Crippen LogP contribution in [0.25, 0.3) is 0 Å². The highest BCUT2D eigenvalue weighted by Gasteiger charge is 2.73. The Morgan fingerprint density at radius 2 is 1.67 bits per heavy atom. The minimum absolute atomic E-state index is 0.0700. The molecule has 0 unspecified atom stereocenters. The van der Waals surface area contributed by atoms with Crippen molar-refractivity contribution in [2.75, 3.05) is 7.11 Å². The maximum atomic E-state index is 13.0. The molecule has 0 aromatic rings. The van der Waals surface area contributed by atoms with E-state index in [1.54, 1.807) is 0 Å². The summed E-state index contributed by atoms with van der Waals surface area (Å²) in [5, 5.41) is 0.0700. The molecule has 3 rings (SSSR count). The molecular weight excluding hydrogens is 356 g/mol. The first-order valence-corrected chi connectivity index (χ1v) is 13.3. The number of methoxy groups -OCH3 is 1. The maximum absolute atomic E-state index is 13.0. The van der Waals surface area contributed by atoms with Crippen molar-refractivity contribution in [3.8, 4) is 0 Å². The van der Waals surface area contributed by atoms with Gasteiger partial charge in [-0.25, -0.2) is 0 Å². The highest BCUT2D eigenvalue weighted by molar-refractivity contribution is 6.74. The van der Waals surface area contributed by atoms with Gasteiger partial charge in [0.25, 0.3) is 0 Å². The van der Waals surface area contributed by atoms with Crippen molar-refractivity contribution in [2.45, 2.75) is 91.0 Å². The largest absolute Gasteiger partial charge is 0.469 e. The molecule has 0 radical (unpaired) electrons. The summed E-state index contributed by atoms with van der Waals surface area (Å²) in [6.07, 6.45) is 3.34. The van der Waals surface area contributed by atoms with Crippen LogP contribution in [0.5, 0.6) is 0 Å². The van der Waals surface area contributed by atoms with Crippen molar-refractivity contribution < 1.29 is 18.8 Å². The Morgan fingerprint density at radius 3 is 2.19 bits per heavy atom. The fourth-order valence-corrected chi connectivity index (χ4v) is 7.63. The first kappa shape index (κ1) is 21.0. The molecule has 154 valence electrons. The van der Waals surface area contributed by atoms with E-state index >= 15 is 0 Å². The van der Waals surface area contributed by atoms with Crippen LogP contribution in [-0.2, 0) is 18.8 Å². The number of hydrogen-bond acceptors (Lipinski definition) is 4. The van der Waals surface area contributed by atoms with Crippen molar-refractivity contribution in [3.63, 3.8) is 0 Å². The van der Waals surface area contributed by atoms with Crippen molar-refractivity contribution in [3.05, 3.63) is 0 Å². The Hall–Kier alpha value is -0.683. The van der Waals surface area contributed by atoms with E-state index in [4.69, 9.17) is 9.16 Å². The van der Waals surface area contributed by atoms with Crippen LogP contribution in [0.1, 0.15) is 67.2 Å². The minimum Gasteiger partial charge on any atom is -0.469 e. The van der Waals surface area contributed by atoms with Gasteiger partial charge in [-0.2, -0.15) is 0 Å². The van der Waals surface area contributed by atoms with Crippen LogP contribution >= 0.6 is 0 Å². The molecule has 27 heavy (non-hydrogen) atoms. The van der Waals surface area contributed by atoms with Crippen LogP contribution in [0, 0.1) is 28.6 Å². The van der Waals surface area contributed by atoms with Crippen molar-refractivity contribution in [1.82, 2.24) is 0 Å². The number of carbonyl (C=O) groups excluding carboxylic acids is 2. The van der Waals surface area contributed by atoms with Gasteiger partial charge in [0.05, 0.1) is 18.6 Å². The van der Waals surface area contributed by atoms with Gasteiger partial charge in [0.2, 0.25) is 0 Å². The summed E-state index contributed by atoms with van der Waals surface area (Å²) in [5.41, 5.74) is -0.863. The van der Waals surface area contributed by atoms with Gasteiger partial charge < -0.3 is 9.16 Å². The van der Waals surface area contributed by atoms with Crippen LogP contribution in [0.3, 0.4) is 0 Å². The average molecular weight is 395 g/mol. The summed E-state index contributed by atoms with van der Waals surface area (Å²) in [7, 11) is -0.614. The first-order valence-electron chi connectivity index (χ1n) is 10.4. The number of hydrogen-bond donors (Lipinski definition) is 0. The zero-order valence-electron chi connectivity index (χ0n) is 18.7. The van der Waals surface area contributed by atoms with Crippen LogP contribution < -0.4 is 0 Å². The van der Waals surface area contributed by atoms with E-state index in [-0.39, 0.29) is 33.7 Å². The zero-order chi connectivity index (χ0) is 20.6. The molecule has 0 bridgehead atoms. The van der Waals surface area contributed by atoms with E-state index in [0.717, 1.165) is 25.7 Å². The van der Waals surface area contributed by atoms with Crippen molar-refractivity contribution in [2.24, 2.45) is 28.6 Å². The van der Waals surface area contributed by atoms with E-state index in [2.05, 4.69) is 54.6 Å². The van der Waals surface area contributed by atoms with E-state index in [0.29, 0.717) is 11.7 Å². The van der Waals surface area contributed by atoms with E-state index < -0.39 is 13.9 Å². The van der Waals surface area contributed by atoms with Gasteiger partial charge >= 0.3 is 5.97 Å². The van der Waals surface area contributed by atoms with Gasteiger partial charge in [-0.1, -0.05) is 41.5 Å². The molecular formula is C22H38O4Si. The number of ketones is 1. The quantitative estimate of drug-likeness (QED) is 0.501. The van der Waals surface area contributed by atoms with E-state index in [1.807, 2.05) is 0 Å². The Labute approximate surface area is 165 Å². The van der Waals surface area contributed by atoms with E-state index in [9.17, 15) is 9.59 Å². The van der Waals surface area contributed by atoms with Gasteiger partial charge in [0.1, 0.15) is 5.78 Å². The van der Waals surface area contributed by atoms with Crippen molar-refractivity contribution in [1.29, 1.82) is 0 Å². The monoisotopic (exact) mass is 394 g/mol. The average Bonchev–Trinajstić information content (AvgIpc) is 2.72. The summed E-state index contributed by atoms with van der Waals surface area (Å²) >= 11 is 0. The third-order valence-electron chi connectivity index (χ3n) is 8.55. The number of esters is 1. The number of fused-ring (bicyclic) bond motifs is 2. The second-order valence-electron chi connectivity index (χ2n) is 11.8. The van der Waals surface area contributed by atoms with E-state index in [1.165, 1.54) is 7.11 Å². The van der Waals surface area contributed by atoms with Gasteiger partial charge in [0.15, 0.2) is 8.32 Å². The van der Waals surface area contributed by atoms with Crippen molar-refractivity contribution >= 4 is 20.1 Å². The molecule has 5 atom stereocenters. The molecule has 0 amide bonds. The molecule has 0 aliphatic heterocycles. The molecule has 0 saturated heterocycles. The SMILES string of the molecule is COC(=O)[C@H]1C[C@@]2(C)C[C@@H]3C(=O)C(C)(C)C[C@@H]3C[C@@]12O[Si](C)(C)C(C)(C)C. The Bertz CT molecular complexity index is 662. The zero-order valence-corrected chi connectivity index (χ0v) is 19.7. The lowest BCUT2D eigenvalue weighted by Gasteiger charge is -2.68.